The van der Waals surface area contributed by atoms with E-state index in [4.69, 9.17) is 0 Å². The normalized spacial score (nSPS) is 21.0. The molecular formula is C17H36N2. The second kappa shape index (κ2) is 7.64. The standard InChI is InChI=1S/C17H36N2/c1-7-18-16(17(4,5)6)10-13-19-11-8-15(9-12-19)14(2)3/h14-16,18H,7-13H2,1-6H3. The number of nitrogens with zero attached hydrogens (tertiary/aromatic N) is 1. The Kier molecular flexibility index (Phi) is 6.82. The van der Waals surface area contributed by atoms with Crippen molar-refractivity contribution in [3.05, 3.63) is 0 Å². The van der Waals surface area contributed by atoms with Crippen LogP contribution in [-0.2, 0) is 0 Å². The van der Waals surface area contributed by atoms with E-state index in [2.05, 4.69) is 51.8 Å². The summed E-state index contributed by atoms with van der Waals surface area (Å²) in [4.78, 5) is 2.68. The first-order valence-corrected chi connectivity index (χ1v) is 8.30. The Balaban J connectivity index is 2.32. The van der Waals surface area contributed by atoms with E-state index in [0.29, 0.717) is 11.5 Å². The van der Waals surface area contributed by atoms with Gasteiger partial charge in [0.2, 0.25) is 0 Å². The number of hydrogen-bond acceptors (Lipinski definition) is 2. The maximum Gasteiger partial charge on any atom is 0.0128 e. The predicted octanol–water partition coefficient (Wildman–Crippen LogP) is 3.77. The molecule has 1 aliphatic rings. The summed E-state index contributed by atoms with van der Waals surface area (Å²) in [5.41, 5.74) is 0.367. The molecule has 0 aromatic rings. The lowest BCUT2D eigenvalue weighted by atomic mass is 9.84. The molecule has 1 fully saturated rings. The topological polar surface area (TPSA) is 15.3 Å². The van der Waals surface area contributed by atoms with Crippen molar-refractivity contribution in [3.8, 4) is 0 Å². The molecule has 2 heteroatoms. The van der Waals surface area contributed by atoms with Crippen LogP contribution in [-0.4, -0.2) is 37.1 Å². The molecule has 1 heterocycles. The maximum atomic E-state index is 3.66. The van der Waals surface area contributed by atoms with Gasteiger partial charge in [-0.1, -0.05) is 41.5 Å². The highest BCUT2D eigenvalue weighted by atomic mass is 15.1. The van der Waals surface area contributed by atoms with Crippen molar-refractivity contribution in [1.82, 2.24) is 10.2 Å². The molecule has 1 saturated heterocycles. The van der Waals surface area contributed by atoms with Gasteiger partial charge in [-0.2, -0.15) is 0 Å². The minimum Gasteiger partial charge on any atom is -0.314 e. The zero-order valence-corrected chi connectivity index (χ0v) is 14.1. The van der Waals surface area contributed by atoms with Crippen molar-refractivity contribution in [2.75, 3.05) is 26.2 Å². The highest BCUT2D eigenvalue weighted by Crippen LogP contribution is 2.26. The molecule has 1 N–H and O–H groups in total. The van der Waals surface area contributed by atoms with Crippen molar-refractivity contribution >= 4 is 0 Å². The third kappa shape index (κ3) is 5.83. The van der Waals surface area contributed by atoms with E-state index in [0.717, 1.165) is 18.4 Å². The van der Waals surface area contributed by atoms with E-state index in [1.54, 1.807) is 0 Å². The molecule has 1 unspecified atom stereocenters. The number of nitrogens with one attached hydrogen (secondary N) is 1. The Morgan fingerprint density at radius 2 is 1.74 bits per heavy atom. The monoisotopic (exact) mass is 268 g/mol. The van der Waals surface area contributed by atoms with E-state index >= 15 is 0 Å². The van der Waals surface area contributed by atoms with Crippen LogP contribution in [0, 0.1) is 17.3 Å². The first-order valence-electron chi connectivity index (χ1n) is 8.30. The van der Waals surface area contributed by atoms with Gasteiger partial charge in [-0.15, -0.1) is 0 Å². The lowest BCUT2D eigenvalue weighted by molar-refractivity contribution is 0.141. The number of rotatable bonds is 6. The zero-order valence-electron chi connectivity index (χ0n) is 14.1. The molecule has 0 saturated carbocycles. The van der Waals surface area contributed by atoms with Crippen molar-refractivity contribution in [2.45, 2.75) is 66.8 Å². The SMILES string of the molecule is CCNC(CCN1CCC(C(C)C)CC1)C(C)(C)C. The van der Waals surface area contributed by atoms with Gasteiger partial charge >= 0.3 is 0 Å². The van der Waals surface area contributed by atoms with Crippen LogP contribution in [0.1, 0.15) is 60.8 Å². The van der Waals surface area contributed by atoms with Gasteiger partial charge in [-0.3, -0.25) is 0 Å². The summed E-state index contributed by atoms with van der Waals surface area (Å²) in [6.07, 6.45) is 4.09. The highest BCUT2D eigenvalue weighted by Gasteiger charge is 2.26. The molecule has 0 spiro atoms. The van der Waals surface area contributed by atoms with Crippen LogP contribution in [0.25, 0.3) is 0 Å². The smallest absolute Gasteiger partial charge is 0.0128 e. The first kappa shape index (κ1) is 17.0. The van der Waals surface area contributed by atoms with Crippen LogP contribution in [0.3, 0.4) is 0 Å². The van der Waals surface area contributed by atoms with E-state index in [9.17, 15) is 0 Å². The molecule has 0 aromatic heterocycles. The first-order chi connectivity index (χ1) is 8.84. The fourth-order valence-corrected chi connectivity index (χ4v) is 3.24. The average molecular weight is 268 g/mol. The van der Waals surface area contributed by atoms with Crippen molar-refractivity contribution in [2.24, 2.45) is 17.3 Å². The second-order valence-corrected chi connectivity index (χ2v) is 7.69. The summed E-state index contributed by atoms with van der Waals surface area (Å²) in [5, 5.41) is 3.66. The van der Waals surface area contributed by atoms with Crippen molar-refractivity contribution < 1.29 is 0 Å². The van der Waals surface area contributed by atoms with E-state index in [1.165, 1.54) is 38.9 Å². The van der Waals surface area contributed by atoms with Crippen LogP contribution in [0.5, 0.6) is 0 Å². The fraction of sp³-hybridized carbons (Fsp3) is 1.00. The number of likely N-dealkylation sites (tertiary alicyclic amines) is 1. The van der Waals surface area contributed by atoms with Crippen molar-refractivity contribution in [1.29, 1.82) is 0 Å². The van der Waals surface area contributed by atoms with Crippen molar-refractivity contribution in [3.63, 3.8) is 0 Å². The number of piperidine rings is 1. The largest absolute Gasteiger partial charge is 0.314 e. The molecule has 19 heavy (non-hydrogen) atoms. The average Bonchev–Trinajstić information content (AvgIpc) is 2.33. The third-order valence-corrected chi connectivity index (χ3v) is 4.80. The summed E-state index contributed by atoms with van der Waals surface area (Å²) in [6.45, 7) is 19.0. The summed E-state index contributed by atoms with van der Waals surface area (Å²) < 4.78 is 0. The lowest BCUT2D eigenvalue weighted by Gasteiger charge is -2.37. The molecule has 1 atom stereocenters. The van der Waals surface area contributed by atoms with Gasteiger partial charge in [0, 0.05) is 6.04 Å². The van der Waals surface area contributed by atoms with Crippen LogP contribution in [0.15, 0.2) is 0 Å². The van der Waals surface area contributed by atoms with Gasteiger partial charge < -0.3 is 10.2 Å². The minimum atomic E-state index is 0.367. The van der Waals surface area contributed by atoms with Gasteiger partial charge in [0.1, 0.15) is 0 Å². The molecule has 2 nitrogen and oxygen atoms in total. The number of hydrogen-bond donors (Lipinski definition) is 1. The maximum absolute atomic E-state index is 3.66. The Hall–Kier alpha value is -0.0800. The zero-order chi connectivity index (χ0) is 14.5. The molecule has 0 radical (unpaired) electrons. The Morgan fingerprint density at radius 1 is 1.16 bits per heavy atom. The molecule has 0 aromatic carbocycles. The van der Waals surface area contributed by atoms with Gasteiger partial charge in [0.25, 0.3) is 0 Å². The van der Waals surface area contributed by atoms with Gasteiger partial charge in [-0.25, -0.2) is 0 Å². The van der Waals surface area contributed by atoms with E-state index < -0.39 is 0 Å². The van der Waals surface area contributed by atoms with Crippen LogP contribution < -0.4 is 5.32 Å². The summed E-state index contributed by atoms with van der Waals surface area (Å²) in [5.74, 6) is 1.83. The Bertz CT molecular complexity index is 234. The molecule has 114 valence electrons. The van der Waals surface area contributed by atoms with Crippen LogP contribution >= 0.6 is 0 Å². The Labute approximate surface area is 121 Å². The van der Waals surface area contributed by atoms with Gasteiger partial charge in [0.05, 0.1) is 0 Å². The third-order valence-electron chi connectivity index (χ3n) is 4.80. The lowest BCUT2D eigenvalue weighted by Crippen LogP contribution is -2.44. The van der Waals surface area contributed by atoms with Gasteiger partial charge in [0.15, 0.2) is 0 Å². The van der Waals surface area contributed by atoms with E-state index in [1.807, 2.05) is 0 Å². The van der Waals surface area contributed by atoms with Crippen LogP contribution in [0.2, 0.25) is 0 Å². The van der Waals surface area contributed by atoms with E-state index in [-0.39, 0.29) is 0 Å². The fourth-order valence-electron chi connectivity index (χ4n) is 3.24. The molecule has 0 aliphatic carbocycles. The molecule has 0 amide bonds. The molecule has 1 rings (SSSR count). The molecular weight excluding hydrogens is 232 g/mol. The summed E-state index contributed by atoms with van der Waals surface area (Å²) >= 11 is 0. The second-order valence-electron chi connectivity index (χ2n) is 7.69. The highest BCUT2D eigenvalue weighted by molar-refractivity contribution is 4.82. The molecule has 1 aliphatic heterocycles. The summed E-state index contributed by atoms with van der Waals surface area (Å²) in [6, 6.07) is 0.639. The van der Waals surface area contributed by atoms with Crippen LogP contribution in [0.4, 0.5) is 0 Å². The quantitative estimate of drug-likeness (QED) is 0.789. The van der Waals surface area contributed by atoms with Gasteiger partial charge in [-0.05, 0) is 62.7 Å². The Morgan fingerprint density at radius 3 is 2.16 bits per heavy atom. The minimum absolute atomic E-state index is 0.367. The summed E-state index contributed by atoms with van der Waals surface area (Å²) in [7, 11) is 0. The molecule has 0 bridgehead atoms. The predicted molar refractivity (Wildman–Crippen MR) is 85.5 cm³/mol.